The Bertz CT molecular complexity index is 1310. The first-order chi connectivity index (χ1) is 15.1. The van der Waals surface area contributed by atoms with Crippen molar-refractivity contribution in [3.8, 4) is 22.6 Å². The van der Waals surface area contributed by atoms with Gasteiger partial charge in [-0.15, -0.1) is 0 Å². The molecule has 2 aromatic carbocycles. The highest BCUT2D eigenvalue weighted by Gasteiger charge is 2.22. The molecular weight excluding hydrogens is 397 g/mol. The van der Waals surface area contributed by atoms with E-state index in [0.717, 1.165) is 48.5 Å². The van der Waals surface area contributed by atoms with Crippen molar-refractivity contribution in [2.24, 2.45) is 7.05 Å². The highest BCUT2D eigenvalue weighted by molar-refractivity contribution is 5.91. The summed E-state index contributed by atoms with van der Waals surface area (Å²) < 4.78 is 27.0. The quantitative estimate of drug-likeness (QED) is 0.518. The van der Waals surface area contributed by atoms with E-state index < -0.39 is 0 Å². The Balaban J connectivity index is 1.67. The van der Waals surface area contributed by atoms with E-state index in [1.54, 1.807) is 31.4 Å². The third-order valence-electron chi connectivity index (χ3n) is 5.65. The standard InChI is InChI=1S/C24H22FN3O3/c1-28-14-16(5-8-21(28)29)19-6-7-20-22(23(19)31-18-4-2-3-17(25)13-18)27-24(26-20)15-9-11-30-12-10-15/h2-8,13-15H,9-12H2,1H3,(H,26,27). The number of hydrogen-bond donors (Lipinski definition) is 1. The first-order valence-electron chi connectivity index (χ1n) is 10.3. The van der Waals surface area contributed by atoms with Gasteiger partial charge in [0.25, 0.3) is 0 Å². The van der Waals surface area contributed by atoms with E-state index in [1.807, 2.05) is 12.1 Å². The molecular formula is C24H22FN3O3. The molecule has 158 valence electrons. The fraction of sp³-hybridized carbons (Fsp3) is 0.250. The average molecular weight is 419 g/mol. The van der Waals surface area contributed by atoms with Crippen molar-refractivity contribution in [2.45, 2.75) is 18.8 Å². The molecule has 5 rings (SSSR count). The molecule has 31 heavy (non-hydrogen) atoms. The predicted molar refractivity (Wildman–Crippen MR) is 116 cm³/mol. The number of rotatable bonds is 4. The van der Waals surface area contributed by atoms with Crippen molar-refractivity contribution in [1.29, 1.82) is 0 Å². The fourth-order valence-electron chi connectivity index (χ4n) is 3.97. The highest BCUT2D eigenvalue weighted by atomic mass is 19.1. The van der Waals surface area contributed by atoms with Crippen LogP contribution < -0.4 is 10.3 Å². The summed E-state index contributed by atoms with van der Waals surface area (Å²) in [4.78, 5) is 20.2. The number of aromatic amines is 1. The summed E-state index contributed by atoms with van der Waals surface area (Å²) in [7, 11) is 1.70. The highest BCUT2D eigenvalue weighted by Crippen LogP contribution is 2.39. The summed E-state index contributed by atoms with van der Waals surface area (Å²) in [6.45, 7) is 1.44. The van der Waals surface area contributed by atoms with Gasteiger partial charge in [0.15, 0.2) is 5.75 Å². The second-order valence-corrected chi connectivity index (χ2v) is 7.77. The van der Waals surface area contributed by atoms with Crippen LogP contribution in [0, 0.1) is 5.82 Å². The minimum atomic E-state index is -0.377. The molecule has 0 radical (unpaired) electrons. The lowest BCUT2D eigenvalue weighted by Gasteiger charge is -2.19. The Morgan fingerprint density at radius 2 is 2.00 bits per heavy atom. The van der Waals surface area contributed by atoms with Crippen molar-refractivity contribution in [3.05, 3.63) is 76.7 Å². The van der Waals surface area contributed by atoms with E-state index >= 15 is 0 Å². The molecule has 0 unspecified atom stereocenters. The van der Waals surface area contributed by atoms with Crippen LogP contribution in [0.2, 0.25) is 0 Å². The number of benzene rings is 2. The maximum absolute atomic E-state index is 13.8. The van der Waals surface area contributed by atoms with Crippen LogP contribution in [0.25, 0.3) is 22.2 Å². The van der Waals surface area contributed by atoms with Crippen molar-refractivity contribution >= 4 is 11.0 Å². The number of nitrogens with one attached hydrogen (secondary N) is 1. The number of ether oxygens (including phenoxy) is 2. The number of nitrogens with zero attached hydrogens (tertiary/aromatic N) is 2. The van der Waals surface area contributed by atoms with Gasteiger partial charge in [0.05, 0.1) is 5.52 Å². The Labute approximate surface area is 178 Å². The smallest absolute Gasteiger partial charge is 0.250 e. The number of hydrogen-bond acceptors (Lipinski definition) is 4. The van der Waals surface area contributed by atoms with Crippen LogP contribution in [0.15, 0.2) is 59.5 Å². The molecule has 4 aromatic rings. The predicted octanol–water partition coefficient (Wildman–Crippen LogP) is 4.75. The Kier molecular flexibility index (Phi) is 5.03. The fourth-order valence-corrected chi connectivity index (χ4v) is 3.97. The lowest BCUT2D eigenvalue weighted by atomic mass is 10.00. The Hall–Kier alpha value is -3.45. The topological polar surface area (TPSA) is 69.1 Å². The number of aryl methyl sites for hydroxylation is 1. The number of aromatic nitrogens is 3. The Morgan fingerprint density at radius 3 is 2.77 bits per heavy atom. The van der Waals surface area contributed by atoms with E-state index in [1.165, 1.54) is 22.8 Å². The van der Waals surface area contributed by atoms with Gasteiger partial charge >= 0.3 is 0 Å². The average Bonchev–Trinajstić information content (AvgIpc) is 3.22. The molecule has 1 aliphatic rings. The summed E-state index contributed by atoms with van der Waals surface area (Å²) in [5, 5.41) is 0. The van der Waals surface area contributed by atoms with Crippen LogP contribution >= 0.6 is 0 Å². The summed E-state index contributed by atoms with van der Waals surface area (Å²) in [6.07, 6.45) is 3.58. The van der Waals surface area contributed by atoms with E-state index in [9.17, 15) is 9.18 Å². The van der Waals surface area contributed by atoms with E-state index in [0.29, 0.717) is 22.9 Å². The molecule has 0 amide bonds. The second kappa shape index (κ2) is 8.00. The van der Waals surface area contributed by atoms with Gasteiger partial charge in [-0.3, -0.25) is 4.79 Å². The molecule has 1 N–H and O–H groups in total. The SMILES string of the molecule is Cn1cc(-c2ccc3[nH]c(C4CCOCC4)nc3c2Oc2cccc(F)c2)ccc1=O. The van der Waals surface area contributed by atoms with Gasteiger partial charge in [-0.1, -0.05) is 6.07 Å². The minimum Gasteiger partial charge on any atom is -0.454 e. The molecule has 0 atom stereocenters. The van der Waals surface area contributed by atoms with Crippen LogP contribution in [0.1, 0.15) is 24.6 Å². The molecule has 6 nitrogen and oxygen atoms in total. The van der Waals surface area contributed by atoms with Crippen molar-refractivity contribution in [1.82, 2.24) is 14.5 Å². The van der Waals surface area contributed by atoms with Gasteiger partial charge in [0.2, 0.25) is 5.56 Å². The van der Waals surface area contributed by atoms with Crippen molar-refractivity contribution < 1.29 is 13.9 Å². The Morgan fingerprint density at radius 1 is 1.16 bits per heavy atom. The van der Waals surface area contributed by atoms with Crippen LogP contribution in [-0.2, 0) is 11.8 Å². The molecule has 0 aliphatic carbocycles. The molecule has 0 saturated carbocycles. The minimum absolute atomic E-state index is 0.0981. The van der Waals surface area contributed by atoms with Crippen LogP contribution in [0.4, 0.5) is 4.39 Å². The molecule has 2 aromatic heterocycles. The van der Waals surface area contributed by atoms with E-state index in [-0.39, 0.29) is 11.4 Å². The monoisotopic (exact) mass is 419 g/mol. The summed E-state index contributed by atoms with van der Waals surface area (Å²) >= 11 is 0. The first-order valence-corrected chi connectivity index (χ1v) is 10.3. The summed E-state index contributed by atoms with van der Waals surface area (Å²) in [6, 6.07) is 13.2. The van der Waals surface area contributed by atoms with E-state index in [2.05, 4.69) is 4.98 Å². The molecule has 7 heteroatoms. The van der Waals surface area contributed by atoms with Crippen molar-refractivity contribution in [3.63, 3.8) is 0 Å². The largest absolute Gasteiger partial charge is 0.454 e. The number of halogens is 1. The van der Waals surface area contributed by atoms with Gasteiger partial charge in [0.1, 0.15) is 22.9 Å². The molecule has 0 bridgehead atoms. The molecule has 1 saturated heterocycles. The van der Waals surface area contributed by atoms with Crippen LogP contribution in [0.3, 0.4) is 0 Å². The van der Waals surface area contributed by atoms with Gasteiger partial charge in [-0.05, 0) is 43.2 Å². The molecule has 1 aliphatic heterocycles. The third kappa shape index (κ3) is 3.84. The lowest BCUT2D eigenvalue weighted by Crippen LogP contribution is -2.15. The molecule has 3 heterocycles. The second-order valence-electron chi connectivity index (χ2n) is 7.77. The lowest BCUT2D eigenvalue weighted by molar-refractivity contribution is 0.0838. The van der Waals surface area contributed by atoms with Gasteiger partial charge in [0, 0.05) is 55.6 Å². The van der Waals surface area contributed by atoms with Gasteiger partial charge in [-0.25, -0.2) is 9.37 Å². The zero-order valence-electron chi connectivity index (χ0n) is 17.1. The van der Waals surface area contributed by atoms with Crippen molar-refractivity contribution in [2.75, 3.05) is 13.2 Å². The van der Waals surface area contributed by atoms with Gasteiger partial charge in [-0.2, -0.15) is 0 Å². The zero-order valence-corrected chi connectivity index (χ0v) is 17.1. The van der Waals surface area contributed by atoms with Gasteiger partial charge < -0.3 is 19.0 Å². The number of fused-ring (bicyclic) bond motifs is 1. The maximum atomic E-state index is 13.8. The van der Waals surface area contributed by atoms with Crippen LogP contribution in [0.5, 0.6) is 11.5 Å². The third-order valence-corrected chi connectivity index (χ3v) is 5.65. The van der Waals surface area contributed by atoms with E-state index in [4.69, 9.17) is 14.5 Å². The molecule has 1 fully saturated rings. The van der Waals surface area contributed by atoms with Crippen LogP contribution in [-0.4, -0.2) is 27.7 Å². The summed E-state index contributed by atoms with van der Waals surface area (Å²) in [5.74, 6) is 1.73. The number of pyridine rings is 1. The molecule has 0 spiro atoms. The zero-order chi connectivity index (χ0) is 21.4. The normalized spacial score (nSPS) is 14.8. The summed E-state index contributed by atoms with van der Waals surface area (Å²) in [5.41, 5.74) is 3.01. The first kappa shape index (κ1) is 19.5. The number of H-pyrrole nitrogens is 1. The maximum Gasteiger partial charge on any atom is 0.250 e. The number of imidazole rings is 1.